The Labute approximate surface area is 175 Å². The van der Waals surface area contributed by atoms with Crippen molar-refractivity contribution in [2.75, 3.05) is 26.2 Å². The molecule has 0 aliphatic carbocycles. The topological polar surface area (TPSA) is 59.0 Å². The van der Waals surface area contributed by atoms with Crippen LogP contribution in [-0.2, 0) is 11.2 Å². The van der Waals surface area contributed by atoms with Crippen molar-refractivity contribution in [1.82, 2.24) is 4.90 Å². The van der Waals surface area contributed by atoms with Crippen molar-refractivity contribution >= 4 is 6.29 Å². The van der Waals surface area contributed by atoms with Crippen molar-refractivity contribution in [3.8, 4) is 11.5 Å². The van der Waals surface area contributed by atoms with E-state index in [0.29, 0.717) is 30.9 Å². The number of aldehydes is 1. The number of aryl methyl sites for hydroxylation is 1. The molecule has 1 heterocycles. The van der Waals surface area contributed by atoms with E-state index in [1.807, 2.05) is 24.3 Å². The van der Waals surface area contributed by atoms with Gasteiger partial charge < -0.3 is 24.3 Å². The number of aliphatic hydroxyl groups excluding tert-OH is 1. The van der Waals surface area contributed by atoms with Gasteiger partial charge in [-0.25, -0.2) is 8.78 Å². The van der Waals surface area contributed by atoms with Crippen LogP contribution in [0.5, 0.6) is 11.5 Å². The summed E-state index contributed by atoms with van der Waals surface area (Å²) in [6, 6.07) is 11.1. The van der Waals surface area contributed by atoms with Gasteiger partial charge in [0.25, 0.3) is 0 Å². The van der Waals surface area contributed by atoms with Crippen molar-refractivity contribution in [1.29, 1.82) is 0 Å². The Hall–Kier alpha value is -2.51. The highest BCUT2D eigenvalue weighted by Crippen LogP contribution is 2.22. The molecule has 0 amide bonds. The van der Waals surface area contributed by atoms with Gasteiger partial charge in [0.05, 0.1) is 0 Å². The van der Waals surface area contributed by atoms with Gasteiger partial charge in [-0.15, -0.1) is 0 Å². The van der Waals surface area contributed by atoms with Gasteiger partial charge in [0.1, 0.15) is 36.6 Å². The lowest BCUT2D eigenvalue weighted by Crippen LogP contribution is -2.43. The van der Waals surface area contributed by atoms with Gasteiger partial charge in [-0.2, -0.15) is 0 Å². The van der Waals surface area contributed by atoms with Crippen LogP contribution < -0.4 is 9.47 Å². The number of likely N-dealkylation sites (tertiary alicyclic amines) is 1. The highest BCUT2D eigenvalue weighted by atomic mass is 19.2. The highest BCUT2D eigenvalue weighted by Gasteiger charge is 2.23. The quantitative estimate of drug-likeness (QED) is 0.599. The average Bonchev–Trinajstić information content (AvgIpc) is 2.75. The Bertz CT molecular complexity index is 825. The van der Waals surface area contributed by atoms with Crippen LogP contribution in [0.25, 0.3) is 0 Å². The summed E-state index contributed by atoms with van der Waals surface area (Å²) < 4.78 is 37.8. The van der Waals surface area contributed by atoms with Crippen LogP contribution >= 0.6 is 0 Å². The van der Waals surface area contributed by atoms with Crippen LogP contribution in [0.4, 0.5) is 8.78 Å². The minimum Gasteiger partial charge on any atom is -0.491 e. The number of benzene rings is 2. The summed E-state index contributed by atoms with van der Waals surface area (Å²) in [7, 11) is 0. The summed E-state index contributed by atoms with van der Waals surface area (Å²) in [6.07, 6.45) is 2.69. The maximum atomic E-state index is 13.3. The van der Waals surface area contributed by atoms with Crippen molar-refractivity contribution < 1.29 is 28.2 Å². The number of carbonyl (C=O) groups is 1. The van der Waals surface area contributed by atoms with Crippen LogP contribution in [0.15, 0.2) is 42.5 Å². The molecule has 1 fully saturated rings. The summed E-state index contributed by atoms with van der Waals surface area (Å²) in [5, 5.41) is 10.4. The summed E-state index contributed by atoms with van der Waals surface area (Å²) in [5.41, 5.74) is 0.951. The molecule has 0 saturated carbocycles. The Morgan fingerprint density at radius 1 is 1.13 bits per heavy atom. The second kappa shape index (κ2) is 11.0. The standard InChI is InChI=1S/C23H27F2NO4/c24-21-8-7-20(14-22(21)25)30-19-9-11-26(12-10-19)15-18(28)16-29-23-6-2-1-4-17(23)5-3-13-27/h1-2,4,6-8,13-14,18-19,28H,3,5,9-12,15-16H2. The molecule has 2 aromatic rings. The summed E-state index contributed by atoms with van der Waals surface area (Å²) in [6.45, 7) is 2.13. The third-order valence-corrected chi connectivity index (χ3v) is 5.13. The molecule has 7 heteroatoms. The van der Waals surface area contributed by atoms with Gasteiger partial charge in [-0.1, -0.05) is 18.2 Å². The first-order chi connectivity index (χ1) is 14.5. The van der Waals surface area contributed by atoms with E-state index in [4.69, 9.17) is 9.47 Å². The molecule has 1 saturated heterocycles. The molecule has 1 aliphatic heterocycles. The first-order valence-electron chi connectivity index (χ1n) is 10.2. The van der Waals surface area contributed by atoms with E-state index < -0.39 is 17.7 Å². The minimum absolute atomic E-state index is 0.0656. The molecular formula is C23H27F2NO4. The van der Waals surface area contributed by atoms with Crippen molar-refractivity contribution in [3.05, 3.63) is 59.7 Å². The molecule has 30 heavy (non-hydrogen) atoms. The fraction of sp³-hybridized carbons (Fsp3) is 0.435. The second-order valence-electron chi connectivity index (χ2n) is 7.47. The molecule has 0 radical (unpaired) electrons. The number of ether oxygens (including phenoxy) is 2. The van der Waals surface area contributed by atoms with Gasteiger partial charge in [-0.05, 0) is 43.0 Å². The predicted octanol–water partition coefficient (Wildman–Crippen LogP) is 3.38. The summed E-state index contributed by atoms with van der Waals surface area (Å²) >= 11 is 0. The molecule has 0 spiro atoms. The molecule has 3 rings (SSSR count). The van der Waals surface area contributed by atoms with Crippen LogP contribution in [0, 0.1) is 11.6 Å². The first-order valence-corrected chi connectivity index (χ1v) is 10.2. The summed E-state index contributed by atoms with van der Waals surface area (Å²) in [4.78, 5) is 12.7. The smallest absolute Gasteiger partial charge is 0.162 e. The number of carbonyl (C=O) groups excluding carboxylic acids is 1. The summed E-state index contributed by atoms with van der Waals surface area (Å²) in [5.74, 6) is -0.786. The van der Waals surface area contributed by atoms with Crippen LogP contribution in [-0.4, -0.2) is 54.7 Å². The molecule has 1 unspecified atom stereocenters. The van der Waals surface area contributed by atoms with E-state index in [0.717, 1.165) is 49.9 Å². The Balaban J connectivity index is 1.40. The molecular weight excluding hydrogens is 392 g/mol. The number of nitrogens with zero attached hydrogens (tertiary/aromatic N) is 1. The maximum absolute atomic E-state index is 13.3. The van der Waals surface area contributed by atoms with Gasteiger partial charge in [0.15, 0.2) is 11.6 Å². The van der Waals surface area contributed by atoms with E-state index in [2.05, 4.69) is 4.90 Å². The average molecular weight is 419 g/mol. The lowest BCUT2D eigenvalue weighted by molar-refractivity contribution is -0.107. The van der Waals surface area contributed by atoms with Gasteiger partial charge in [-0.3, -0.25) is 0 Å². The predicted molar refractivity (Wildman–Crippen MR) is 109 cm³/mol. The molecule has 2 aromatic carbocycles. The first kappa shape index (κ1) is 22.2. The minimum atomic E-state index is -0.916. The molecule has 1 atom stereocenters. The third-order valence-electron chi connectivity index (χ3n) is 5.13. The van der Waals surface area contributed by atoms with Crippen LogP contribution in [0.2, 0.25) is 0 Å². The molecule has 162 valence electrons. The fourth-order valence-corrected chi connectivity index (χ4v) is 3.55. The Kier molecular flexibility index (Phi) is 8.16. The van der Waals surface area contributed by atoms with Gasteiger partial charge in [0.2, 0.25) is 0 Å². The number of hydrogen-bond donors (Lipinski definition) is 1. The Morgan fingerprint density at radius 3 is 2.63 bits per heavy atom. The van der Waals surface area contributed by atoms with E-state index in [1.165, 1.54) is 6.07 Å². The number of para-hydroxylation sites is 1. The van der Waals surface area contributed by atoms with Crippen LogP contribution in [0.1, 0.15) is 24.8 Å². The second-order valence-corrected chi connectivity index (χ2v) is 7.47. The SMILES string of the molecule is O=CCCc1ccccc1OCC(O)CN1CCC(Oc2ccc(F)c(F)c2)CC1. The Morgan fingerprint density at radius 2 is 1.90 bits per heavy atom. The van der Waals surface area contributed by atoms with Gasteiger partial charge >= 0.3 is 0 Å². The molecule has 0 aromatic heterocycles. The van der Waals surface area contributed by atoms with Crippen molar-refractivity contribution in [3.63, 3.8) is 0 Å². The molecule has 5 nitrogen and oxygen atoms in total. The fourth-order valence-electron chi connectivity index (χ4n) is 3.55. The number of piperidine rings is 1. The van der Waals surface area contributed by atoms with E-state index in [9.17, 15) is 18.7 Å². The van der Waals surface area contributed by atoms with Crippen LogP contribution in [0.3, 0.4) is 0 Å². The lowest BCUT2D eigenvalue weighted by Gasteiger charge is -2.33. The van der Waals surface area contributed by atoms with E-state index >= 15 is 0 Å². The lowest BCUT2D eigenvalue weighted by atomic mass is 10.1. The zero-order chi connectivity index (χ0) is 21.3. The van der Waals surface area contributed by atoms with E-state index in [1.54, 1.807) is 0 Å². The number of rotatable bonds is 10. The highest BCUT2D eigenvalue weighted by molar-refractivity contribution is 5.50. The number of β-amino-alcohol motifs (C(OH)–C–C–N with tert-alkyl or cyclic N) is 1. The van der Waals surface area contributed by atoms with E-state index in [-0.39, 0.29) is 12.7 Å². The van der Waals surface area contributed by atoms with Crippen molar-refractivity contribution in [2.24, 2.45) is 0 Å². The molecule has 1 aliphatic rings. The van der Waals surface area contributed by atoms with Gasteiger partial charge in [0, 0.05) is 32.1 Å². The zero-order valence-corrected chi connectivity index (χ0v) is 16.8. The zero-order valence-electron chi connectivity index (χ0n) is 16.8. The normalized spacial score (nSPS) is 16.2. The largest absolute Gasteiger partial charge is 0.491 e. The number of aliphatic hydroxyl groups is 1. The third kappa shape index (κ3) is 6.50. The van der Waals surface area contributed by atoms with Crippen molar-refractivity contribution in [2.45, 2.75) is 37.9 Å². The monoisotopic (exact) mass is 419 g/mol. The molecule has 1 N–H and O–H groups in total. The number of halogens is 2. The maximum Gasteiger partial charge on any atom is 0.162 e. The molecule has 0 bridgehead atoms. The number of hydrogen-bond acceptors (Lipinski definition) is 5.